The minimum atomic E-state index is -5.08. The van der Waals surface area contributed by atoms with Crippen LogP contribution in [0.4, 0.5) is 22.0 Å². The Morgan fingerprint density at radius 3 is 1.79 bits per heavy atom. The number of alkyl halides is 5. The number of hydrogen-bond donors (Lipinski definition) is 2. The van der Waals surface area contributed by atoms with Gasteiger partial charge in [-0.05, 0) is 6.92 Å². The Bertz CT molecular complexity index is 215. The third-order valence-electron chi connectivity index (χ3n) is 1.52. The Labute approximate surface area is 75.9 Å². The van der Waals surface area contributed by atoms with Gasteiger partial charge in [0.2, 0.25) is 0 Å². The van der Waals surface area contributed by atoms with Gasteiger partial charge >= 0.3 is 12.1 Å². The van der Waals surface area contributed by atoms with E-state index in [0.717, 1.165) is 0 Å². The zero-order chi connectivity index (χ0) is 11.6. The largest absolute Gasteiger partial charge is 0.490 e. The number of carboxylic acids is 1. The van der Waals surface area contributed by atoms with Crippen LogP contribution in [0.5, 0.6) is 0 Å². The van der Waals surface area contributed by atoms with E-state index in [1.54, 1.807) is 0 Å². The molecular weight excluding hydrogens is 213 g/mol. The third-order valence-corrected chi connectivity index (χ3v) is 1.52. The molecule has 0 radical (unpaired) electrons. The second-order valence-corrected chi connectivity index (χ2v) is 2.67. The summed E-state index contributed by atoms with van der Waals surface area (Å²) in [5, 5.41) is 9.67. The molecule has 0 unspecified atom stereocenters. The second kappa shape index (κ2) is 4.07. The van der Waals surface area contributed by atoms with Gasteiger partial charge in [-0.2, -0.15) is 13.2 Å². The summed E-state index contributed by atoms with van der Waals surface area (Å²) in [6.07, 6.45) is -5.08. The van der Waals surface area contributed by atoms with Crippen LogP contribution in [0.25, 0.3) is 0 Å². The Balaban J connectivity index is 0.000000241. The maximum absolute atomic E-state index is 11.9. The van der Waals surface area contributed by atoms with Gasteiger partial charge in [-0.1, -0.05) is 0 Å². The first kappa shape index (κ1) is 13.1. The molecule has 1 atom stereocenters. The van der Waals surface area contributed by atoms with Crippen molar-refractivity contribution in [2.24, 2.45) is 0 Å². The van der Waals surface area contributed by atoms with E-state index in [4.69, 9.17) is 9.90 Å². The predicted molar refractivity (Wildman–Crippen MR) is 36.1 cm³/mol. The molecule has 8 heteroatoms. The first-order valence-corrected chi connectivity index (χ1v) is 3.48. The molecule has 1 aliphatic heterocycles. The fourth-order valence-corrected chi connectivity index (χ4v) is 0.460. The van der Waals surface area contributed by atoms with Crippen LogP contribution in [0.15, 0.2) is 0 Å². The number of carbonyl (C=O) groups is 1. The lowest BCUT2D eigenvalue weighted by Crippen LogP contribution is -2.60. The lowest BCUT2D eigenvalue weighted by Gasteiger charge is -2.34. The van der Waals surface area contributed by atoms with Crippen molar-refractivity contribution in [1.82, 2.24) is 5.32 Å². The maximum atomic E-state index is 11.9. The quantitative estimate of drug-likeness (QED) is 0.605. The minimum Gasteiger partial charge on any atom is -0.475 e. The van der Waals surface area contributed by atoms with Crippen molar-refractivity contribution >= 4 is 5.97 Å². The Hall–Kier alpha value is -0.920. The van der Waals surface area contributed by atoms with Crippen LogP contribution in [-0.4, -0.2) is 35.8 Å². The number of halogens is 5. The SMILES string of the molecule is C[C@@H]1NCC1(F)F.O=C(O)C(F)(F)F. The summed E-state index contributed by atoms with van der Waals surface area (Å²) in [6.45, 7) is 1.33. The molecule has 1 rings (SSSR count). The van der Waals surface area contributed by atoms with E-state index in [2.05, 4.69) is 5.32 Å². The van der Waals surface area contributed by atoms with Gasteiger partial charge in [0.25, 0.3) is 5.92 Å². The van der Waals surface area contributed by atoms with Crippen LogP contribution < -0.4 is 5.32 Å². The highest BCUT2D eigenvalue weighted by atomic mass is 19.4. The van der Waals surface area contributed by atoms with E-state index < -0.39 is 24.1 Å². The van der Waals surface area contributed by atoms with Crippen molar-refractivity contribution in [3.63, 3.8) is 0 Å². The summed E-state index contributed by atoms with van der Waals surface area (Å²) in [6, 6.07) is -0.604. The summed E-state index contributed by atoms with van der Waals surface area (Å²) in [7, 11) is 0. The average Bonchev–Trinajstić information content (AvgIpc) is 2.01. The highest BCUT2D eigenvalue weighted by molar-refractivity contribution is 5.73. The molecule has 0 aromatic carbocycles. The van der Waals surface area contributed by atoms with Gasteiger partial charge in [-0.15, -0.1) is 0 Å². The van der Waals surface area contributed by atoms with E-state index >= 15 is 0 Å². The fourth-order valence-electron chi connectivity index (χ4n) is 0.460. The first-order chi connectivity index (χ1) is 6.07. The number of aliphatic carboxylic acids is 1. The molecule has 14 heavy (non-hydrogen) atoms. The molecule has 0 saturated carbocycles. The van der Waals surface area contributed by atoms with Crippen LogP contribution in [0, 0.1) is 0 Å². The summed E-state index contributed by atoms with van der Waals surface area (Å²) in [5.41, 5.74) is 0. The topological polar surface area (TPSA) is 49.3 Å². The van der Waals surface area contributed by atoms with Gasteiger partial charge in [-0.25, -0.2) is 13.6 Å². The minimum absolute atomic E-state index is 0.145. The molecule has 0 aromatic rings. The zero-order valence-corrected chi connectivity index (χ0v) is 7.03. The van der Waals surface area contributed by atoms with Gasteiger partial charge in [-0.3, -0.25) is 0 Å². The Kier molecular flexibility index (Phi) is 3.81. The van der Waals surface area contributed by atoms with Crippen molar-refractivity contribution in [2.75, 3.05) is 6.54 Å². The van der Waals surface area contributed by atoms with Crippen molar-refractivity contribution in [3.8, 4) is 0 Å². The summed E-state index contributed by atoms with van der Waals surface area (Å²) in [5.74, 6) is -5.19. The molecule has 0 spiro atoms. The highest BCUT2D eigenvalue weighted by Gasteiger charge is 2.44. The van der Waals surface area contributed by atoms with Gasteiger partial charge in [0.05, 0.1) is 12.6 Å². The van der Waals surface area contributed by atoms with Crippen LogP contribution in [0.1, 0.15) is 6.92 Å². The molecule has 3 nitrogen and oxygen atoms in total. The number of rotatable bonds is 0. The monoisotopic (exact) mass is 221 g/mol. The molecule has 1 fully saturated rings. The molecule has 2 N–H and O–H groups in total. The van der Waals surface area contributed by atoms with E-state index in [9.17, 15) is 22.0 Å². The molecule has 1 saturated heterocycles. The summed E-state index contributed by atoms with van der Waals surface area (Å²) < 4.78 is 55.5. The summed E-state index contributed by atoms with van der Waals surface area (Å²) in [4.78, 5) is 8.90. The predicted octanol–water partition coefficient (Wildman–Crippen LogP) is 1.25. The van der Waals surface area contributed by atoms with Crippen molar-refractivity contribution in [1.29, 1.82) is 0 Å². The van der Waals surface area contributed by atoms with Crippen LogP contribution >= 0.6 is 0 Å². The van der Waals surface area contributed by atoms with Crippen LogP contribution in [0.3, 0.4) is 0 Å². The molecule has 0 bridgehead atoms. The number of hydrogen-bond acceptors (Lipinski definition) is 2. The third kappa shape index (κ3) is 3.86. The van der Waals surface area contributed by atoms with Crippen molar-refractivity contribution in [2.45, 2.75) is 25.1 Å². The normalized spacial score (nSPS) is 24.3. The van der Waals surface area contributed by atoms with Gasteiger partial charge < -0.3 is 10.4 Å². The average molecular weight is 221 g/mol. The Morgan fingerprint density at radius 2 is 1.79 bits per heavy atom. The van der Waals surface area contributed by atoms with Crippen molar-refractivity contribution < 1.29 is 31.9 Å². The van der Waals surface area contributed by atoms with Gasteiger partial charge in [0.15, 0.2) is 0 Å². The molecule has 84 valence electrons. The lowest BCUT2D eigenvalue weighted by molar-refractivity contribution is -0.192. The summed E-state index contributed by atoms with van der Waals surface area (Å²) >= 11 is 0. The zero-order valence-electron chi connectivity index (χ0n) is 7.03. The fraction of sp³-hybridized carbons (Fsp3) is 0.833. The highest BCUT2D eigenvalue weighted by Crippen LogP contribution is 2.24. The Morgan fingerprint density at radius 1 is 1.50 bits per heavy atom. The molecular formula is C6H8F5NO2. The number of carboxylic acid groups (broad SMARTS) is 1. The van der Waals surface area contributed by atoms with E-state index in [-0.39, 0.29) is 6.54 Å². The van der Waals surface area contributed by atoms with Crippen LogP contribution in [-0.2, 0) is 4.79 Å². The van der Waals surface area contributed by atoms with Gasteiger partial charge in [0, 0.05) is 0 Å². The van der Waals surface area contributed by atoms with Gasteiger partial charge in [0.1, 0.15) is 0 Å². The first-order valence-electron chi connectivity index (χ1n) is 3.48. The van der Waals surface area contributed by atoms with Crippen molar-refractivity contribution in [3.05, 3.63) is 0 Å². The van der Waals surface area contributed by atoms with E-state index in [1.807, 2.05) is 0 Å². The molecule has 0 aromatic heterocycles. The lowest BCUT2D eigenvalue weighted by atomic mass is 10.1. The second-order valence-electron chi connectivity index (χ2n) is 2.67. The van der Waals surface area contributed by atoms with E-state index in [1.165, 1.54) is 6.92 Å². The standard InChI is InChI=1S/C4H7F2N.C2HF3O2/c1-3-4(5,6)2-7-3;3-2(4,5)1(6)7/h3,7H,2H2,1H3;(H,6,7)/t3-;/m0./s1. The maximum Gasteiger partial charge on any atom is 0.490 e. The van der Waals surface area contributed by atoms with E-state index in [0.29, 0.717) is 0 Å². The molecule has 0 aliphatic carbocycles. The smallest absolute Gasteiger partial charge is 0.475 e. The molecule has 1 heterocycles. The molecule has 0 amide bonds. The molecule has 1 aliphatic rings. The number of nitrogens with one attached hydrogen (secondary N) is 1. The van der Waals surface area contributed by atoms with Crippen LogP contribution in [0.2, 0.25) is 0 Å².